The normalized spacial score (nSPS) is 15.0. The van der Waals surface area contributed by atoms with E-state index in [9.17, 15) is 9.59 Å². The number of nitrogens with zero attached hydrogens (tertiary/aromatic N) is 5. The molecule has 1 aliphatic rings. The molecule has 3 heterocycles. The lowest BCUT2D eigenvalue weighted by atomic mass is 9.85. The Hall–Kier alpha value is -2.37. The van der Waals surface area contributed by atoms with Crippen molar-refractivity contribution in [1.29, 1.82) is 0 Å². The van der Waals surface area contributed by atoms with Crippen LogP contribution < -0.4 is 5.32 Å². The number of halogens is 1. The zero-order valence-corrected chi connectivity index (χ0v) is 24.1. The lowest BCUT2D eigenvalue weighted by molar-refractivity contribution is -0.113. The van der Waals surface area contributed by atoms with Gasteiger partial charge in [-0.25, -0.2) is 4.79 Å². The molecule has 12 heteroatoms. The van der Waals surface area contributed by atoms with E-state index in [1.165, 1.54) is 28.0 Å². The Balaban J connectivity index is 1.52. The van der Waals surface area contributed by atoms with Gasteiger partial charge in [0, 0.05) is 24.7 Å². The number of carbonyl (C=O) groups is 2. The van der Waals surface area contributed by atoms with Gasteiger partial charge in [0.25, 0.3) is 0 Å². The van der Waals surface area contributed by atoms with E-state index in [0.29, 0.717) is 51.3 Å². The molecule has 200 valence electrons. The molecule has 0 spiro atoms. The lowest BCUT2D eigenvalue weighted by Crippen LogP contribution is -2.18. The third kappa shape index (κ3) is 6.21. The molecule has 37 heavy (non-hydrogen) atoms. The number of fused-ring (bicyclic) bond motifs is 1. The zero-order valence-electron chi connectivity index (χ0n) is 21.7. The summed E-state index contributed by atoms with van der Waals surface area (Å²) in [5.74, 6) is 0.750. The molecular formula is C25H33ClN6O3S2. The van der Waals surface area contributed by atoms with Gasteiger partial charge in [-0.05, 0) is 44.1 Å². The summed E-state index contributed by atoms with van der Waals surface area (Å²) in [5, 5.41) is 17.8. The fraction of sp³-hybridized carbons (Fsp3) is 0.560. The average Bonchev–Trinajstić information content (AvgIpc) is 3.54. The number of aromatic nitrogens is 5. The third-order valence-electron chi connectivity index (χ3n) is 6.46. The monoisotopic (exact) mass is 564 g/mol. The summed E-state index contributed by atoms with van der Waals surface area (Å²) in [6.07, 6.45) is 7.57. The van der Waals surface area contributed by atoms with E-state index in [0.717, 1.165) is 44.1 Å². The number of hydrogen-bond donors (Lipinski definition) is 1. The summed E-state index contributed by atoms with van der Waals surface area (Å²) < 4.78 is 8.94. The Morgan fingerprint density at radius 1 is 1.30 bits per heavy atom. The molecule has 0 unspecified atom stereocenters. The average molecular weight is 565 g/mol. The molecule has 0 saturated carbocycles. The van der Waals surface area contributed by atoms with Crippen LogP contribution in [0.3, 0.4) is 0 Å². The van der Waals surface area contributed by atoms with Crippen LogP contribution in [0.2, 0.25) is 5.02 Å². The number of aryl methyl sites for hydroxylation is 1. The van der Waals surface area contributed by atoms with Crippen molar-refractivity contribution in [3.05, 3.63) is 27.2 Å². The Kier molecular flexibility index (Phi) is 9.31. The van der Waals surface area contributed by atoms with Crippen LogP contribution in [0, 0.1) is 5.92 Å². The zero-order chi connectivity index (χ0) is 26.5. The number of ether oxygens (including phenoxy) is 1. The van der Waals surface area contributed by atoms with Crippen LogP contribution in [0.1, 0.15) is 67.3 Å². The molecule has 1 amide bonds. The van der Waals surface area contributed by atoms with Crippen molar-refractivity contribution in [2.75, 3.05) is 17.7 Å². The van der Waals surface area contributed by atoms with Crippen LogP contribution in [0.5, 0.6) is 0 Å². The fourth-order valence-electron chi connectivity index (χ4n) is 4.50. The molecule has 0 radical (unpaired) electrons. The molecule has 0 saturated heterocycles. The second kappa shape index (κ2) is 12.4. The van der Waals surface area contributed by atoms with E-state index < -0.39 is 0 Å². The van der Waals surface area contributed by atoms with E-state index in [-0.39, 0.29) is 17.6 Å². The molecule has 0 aliphatic heterocycles. The highest BCUT2D eigenvalue weighted by Crippen LogP contribution is 2.41. The summed E-state index contributed by atoms with van der Waals surface area (Å²) in [7, 11) is 1.80. The minimum Gasteiger partial charge on any atom is -0.462 e. The van der Waals surface area contributed by atoms with Gasteiger partial charge < -0.3 is 14.6 Å². The molecule has 0 aromatic carbocycles. The highest BCUT2D eigenvalue weighted by molar-refractivity contribution is 7.99. The summed E-state index contributed by atoms with van der Waals surface area (Å²) >= 11 is 9.17. The predicted octanol–water partition coefficient (Wildman–Crippen LogP) is 5.62. The first kappa shape index (κ1) is 27.7. The number of nitrogens with one attached hydrogen (secondary N) is 1. The van der Waals surface area contributed by atoms with Crippen molar-refractivity contribution in [2.24, 2.45) is 13.0 Å². The fourth-order valence-corrected chi connectivity index (χ4v) is 6.90. The van der Waals surface area contributed by atoms with E-state index >= 15 is 0 Å². The molecule has 1 aliphatic carbocycles. The number of anilines is 1. The van der Waals surface area contributed by atoms with Crippen LogP contribution in [-0.2, 0) is 36.0 Å². The highest BCUT2D eigenvalue weighted by atomic mass is 35.5. The van der Waals surface area contributed by atoms with Gasteiger partial charge in [-0.2, -0.15) is 5.10 Å². The summed E-state index contributed by atoms with van der Waals surface area (Å²) in [4.78, 5) is 27.0. The number of thioether (sulfide) groups is 1. The lowest BCUT2D eigenvalue weighted by Gasteiger charge is -2.20. The van der Waals surface area contributed by atoms with Crippen LogP contribution in [0.25, 0.3) is 11.5 Å². The van der Waals surface area contributed by atoms with E-state index in [4.69, 9.17) is 16.3 Å². The molecule has 3 aromatic heterocycles. The second-order valence-electron chi connectivity index (χ2n) is 9.09. The van der Waals surface area contributed by atoms with Crippen LogP contribution >= 0.6 is 34.7 Å². The standard InChI is InChI=1S/C25H33ClN6O3S2/c1-5-8-11-32-22(21-17(26)13-31(4)30-21)28-29-25(32)36-14-19(33)27-23-20(24(34)35-7-3)16-10-9-15(6-2)12-18(16)37-23/h13,15H,5-12,14H2,1-4H3,(H,27,33)/t15-/m0/s1. The number of esters is 1. The summed E-state index contributed by atoms with van der Waals surface area (Å²) in [5.41, 5.74) is 2.12. The number of carbonyl (C=O) groups excluding carboxylic acids is 2. The smallest absolute Gasteiger partial charge is 0.341 e. The highest BCUT2D eigenvalue weighted by Gasteiger charge is 2.30. The third-order valence-corrected chi connectivity index (χ3v) is 8.87. The number of amides is 1. The quantitative estimate of drug-likeness (QED) is 0.238. The van der Waals surface area contributed by atoms with Gasteiger partial charge >= 0.3 is 5.97 Å². The van der Waals surface area contributed by atoms with E-state index in [2.05, 4.69) is 34.5 Å². The topological polar surface area (TPSA) is 104 Å². The Bertz CT molecular complexity index is 1270. The van der Waals surface area contributed by atoms with Gasteiger partial charge in [0.05, 0.1) is 22.9 Å². The van der Waals surface area contributed by atoms with Crippen molar-refractivity contribution in [3.8, 4) is 11.5 Å². The Morgan fingerprint density at radius 3 is 2.78 bits per heavy atom. The van der Waals surface area contributed by atoms with Crippen molar-refractivity contribution in [2.45, 2.75) is 71.0 Å². The minimum atomic E-state index is -0.367. The maximum atomic E-state index is 13.0. The Labute approximate surface area is 230 Å². The van der Waals surface area contributed by atoms with Crippen LogP contribution in [-0.4, -0.2) is 48.8 Å². The molecule has 1 atom stereocenters. The largest absolute Gasteiger partial charge is 0.462 e. The van der Waals surface area contributed by atoms with E-state index in [1.807, 2.05) is 4.57 Å². The number of hydrogen-bond acceptors (Lipinski definition) is 8. The van der Waals surface area contributed by atoms with Gasteiger partial charge in [-0.1, -0.05) is 50.1 Å². The summed E-state index contributed by atoms with van der Waals surface area (Å²) in [6.45, 7) is 7.09. The molecule has 3 aromatic rings. The first-order valence-corrected chi connectivity index (χ1v) is 14.9. The Morgan fingerprint density at radius 2 is 2.11 bits per heavy atom. The van der Waals surface area contributed by atoms with E-state index in [1.54, 1.807) is 24.9 Å². The predicted molar refractivity (Wildman–Crippen MR) is 148 cm³/mol. The van der Waals surface area contributed by atoms with Gasteiger partial charge in [-0.3, -0.25) is 9.48 Å². The molecule has 1 N–H and O–H groups in total. The van der Waals surface area contributed by atoms with Crippen molar-refractivity contribution < 1.29 is 14.3 Å². The molecule has 4 rings (SSSR count). The first-order chi connectivity index (χ1) is 17.9. The van der Waals surface area contributed by atoms with Gasteiger partial charge in [0.2, 0.25) is 5.91 Å². The van der Waals surface area contributed by atoms with Gasteiger partial charge in [-0.15, -0.1) is 21.5 Å². The van der Waals surface area contributed by atoms with Crippen molar-refractivity contribution in [1.82, 2.24) is 24.5 Å². The first-order valence-electron chi connectivity index (χ1n) is 12.7. The van der Waals surface area contributed by atoms with Gasteiger partial charge in [0.15, 0.2) is 11.0 Å². The van der Waals surface area contributed by atoms with Crippen molar-refractivity contribution >= 4 is 51.6 Å². The van der Waals surface area contributed by atoms with Crippen LogP contribution in [0.15, 0.2) is 11.4 Å². The molecular weight excluding hydrogens is 532 g/mol. The van der Waals surface area contributed by atoms with Crippen LogP contribution in [0.4, 0.5) is 5.00 Å². The molecule has 0 bridgehead atoms. The van der Waals surface area contributed by atoms with Gasteiger partial charge in [0.1, 0.15) is 10.7 Å². The minimum absolute atomic E-state index is 0.128. The molecule has 9 nitrogen and oxygen atoms in total. The second-order valence-corrected chi connectivity index (χ2v) is 11.5. The SMILES string of the molecule is CCCCn1c(SCC(=O)Nc2sc3c(c2C(=O)OCC)CC[C@H](CC)C3)nnc1-c1nn(C)cc1Cl. The van der Waals surface area contributed by atoms with Crippen molar-refractivity contribution in [3.63, 3.8) is 0 Å². The number of unbranched alkanes of at least 4 members (excludes halogenated alkanes) is 1. The summed E-state index contributed by atoms with van der Waals surface area (Å²) in [6, 6.07) is 0. The number of thiophene rings is 1. The maximum Gasteiger partial charge on any atom is 0.341 e. The molecule has 0 fully saturated rings. The number of rotatable bonds is 11. The maximum absolute atomic E-state index is 13.0.